The van der Waals surface area contributed by atoms with Gasteiger partial charge in [-0.15, -0.1) is 0 Å². The van der Waals surface area contributed by atoms with Crippen LogP contribution in [0.4, 0.5) is 0 Å². The van der Waals surface area contributed by atoms with Crippen LogP contribution in [-0.4, -0.2) is 29.9 Å². The molecular formula is C12H24N2O. The van der Waals surface area contributed by atoms with E-state index < -0.39 is 0 Å². The Morgan fingerprint density at radius 3 is 2.53 bits per heavy atom. The van der Waals surface area contributed by atoms with Crippen molar-refractivity contribution in [2.45, 2.75) is 46.6 Å². The van der Waals surface area contributed by atoms with E-state index in [1.54, 1.807) is 0 Å². The van der Waals surface area contributed by atoms with Gasteiger partial charge in [0.15, 0.2) is 0 Å². The number of likely N-dealkylation sites (tertiary alicyclic amines) is 1. The second kappa shape index (κ2) is 4.52. The van der Waals surface area contributed by atoms with E-state index in [4.69, 9.17) is 5.73 Å². The first-order valence-corrected chi connectivity index (χ1v) is 5.84. The third-order valence-electron chi connectivity index (χ3n) is 3.54. The third kappa shape index (κ3) is 3.49. The Balaban J connectivity index is 2.42. The minimum absolute atomic E-state index is 0.193. The van der Waals surface area contributed by atoms with Gasteiger partial charge in [-0.2, -0.15) is 0 Å². The molecule has 1 fully saturated rings. The summed E-state index contributed by atoms with van der Waals surface area (Å²) in [5.74, 6) is 0.687. The molecule has 2 unspecified atom stereocenters. The number of carbonyl (C=O) groups excluding carboxylic acids is 1. The van der Waals surface area contributed by atoms with Crippen LogP contribution >= 0.6 is 0 Å². The number of carbonyl (C=O) groups is 1. The molecule has 0 aliphatic carbocycles. The van der Waals surface area contributed by atoms with Crippen molar-refractivity contribution in [3.63, 3.8) is 0 Å². The molecule has 1 saturated heterocycles. The van der Waals surface area contributed by atoms with Gasteiger partial charge in [0.05, 0.1) is 0 Å². The summed E-state index contributed by atoms with van der Waals surface area (Å²) in [7, 11) is 0. The van der Waals surface area contributed by atoms with Gasteiger partial charge in [-0.05, 0) is 17.8 Å². The summed E-state index contributed by atoms with van der Waals surface area (Å²) in [5.41, 5.74) is 5.99. The van der Waals surface area contributed by atoms with Crippen LogP contribution in [0.1, 0.15) is 40.5 Å². The Morgan fingerprint density at radius 2 is 2.13 bits per heavy atom. The van der Waals surface area contributed by atoms with E-state index in [1.807, 2.05) is 4.90 Å². The first kappa shape index (κ1) is 12.5. The number of hydrogen-bond donors (Lipinski definition) is 1. The van der Waals surface area contributed by atoms with Gasteiger partial charge in [0.1, 0.15) is 0 Å². The van der Waals surface area contributed by atoms with E-state index >= 15 is 0 Å². The van der Waals surface area contributed by atoms with Crippen molar-refractivity contribution in [2.75, 3.05) is 13.1 Å². The van der Waals surface area contributed by atoms with Gasteiger partial charge in [0.25, 0.3) is 0 Å². The van der Waals surface area contributed by atoms with Gasteiger partial charge in [-0.3, -0.25) is 4.79 Å². The molecule has 0 aromatic heterocycles. The Morgan fingerprint density at radius 1 is 1.53 bits per heavy atom. The fourth-order valence-corrected chi connectivity index (χ4v) is 1.71. The molecule has 0 spiro atoms. The quantitative estimate of drug-likeness (QED) is 0.756. The predicted molar refractivity (Wildman–Crippen MR) is 62.4 cm³/mol. The maximum atomic E-state index is 11.9. The summed E-state index contributed by atoms with van der Waals surface area (Å²) >= 11 is 0. The van der Waals surface area contributed by atoms with E-state index in [1.165, 1.54) is 0 Å². The normalized spacial score (nSPS) is 24.3. The number of rotatable bonds is 2. The first-order chi connectivity index (χ1) is 6.80. The van der Waals surface area contributed by atoms with Crippen LogP contribution in [0.3, 0.4) is 0 Å². The van der Waals surface area contributed by atoms with Crippen molar-refractivity contribution in [1.29, 1.82) is 0 Å². The highest BCUT2D eigenvalue weighted by molar-refractivity contribution is 5.76. The zero-order valence-corrected chi connectivity index (χ0v) is 10.4. The highest BCUT2D eigenvalue weighted by Crippen LogP contribution is 2.28. The van der Waals surface area contributed by atoms with Gasteiger partial charge in [0.2, 0.25) is 5.91 Å². The van der Waals surface area contributed by atoms with Gasteiger partial charge >= 0.3 is 0 Å². The summed E-state index contributed by atoms with van der Waals surface area (Å²) in [6.45, 7) is 10.3. The average molecular weight is 212 g/mol. The molecule has 1 aliphatic rings. The highest BCUT2D eigenvalue weighted by Gasteiger charge is 2.28. The molecule has 0 saturated carbocycles. The fourth-order valence-electron chi connectivity index (χ4n) is 1.71. The molecule has 0 aromatic carbocycles. The second-order valence-corrected chi connectivity index (χ2v) is 5.86. The van der Waals surface area contributed by atoms with Crippen LogP contribution < -0.4 is 5.73 Å². The van der Waals surface area contributed by atoms with Gasteiger partial charge in [0, 0.05) is 25.6 Å². The number of hydrogen-bond acceptors (Lipinski definition) is 2. The Bertz CT molecular complexity index is 232. The Labute approximate surface area is 93.0 Å². The molecule has 2 N–H and O–H groups in total. The minimum Gasteiger partial charge on any atom is -0.341 e. The Hall–Kier alpha value is -0.570. The summed E-state index contributed by atoms with van der Waals surface area (Å²) in [6.07, 6.45) is 1.60. The van der Waals surface area contributed by atoms with Gasteiger partial charge in [-0.1, -0.05) is 27.7 Å². The lowest BCUT2D eigenvalue weighted by molar-refractivity contribution is -0.131. The van der Waals surface area contributed by atoms with Gasteiger partial charge < -0.3 is 10.6 Å². The molecule has 1 rings (SSSR count). The lowest BCUT2D eigenvalue weighted by Gasteiger charge is -2.28. The maximum absolute atomic E-state index is 11.9. The van der Waals surface area contributed by atoms with Crippen molar-refractivity contribution in [1.82, 2.24) is 4.90 Å². The smallest absolute Gasteiger partial charge is 0.222 e. The van der Waals surface area contributed by atoms with Crippen LogP contribution in [0.15, 0.2) is 0 Å². The molecular weight excluding hydrogens is 188 g/mol. The molecule has 1 aliphatic heterocycles. The third-order valence-corrected chi connectivity index (χ3v) is 3.54. The van der Waals surface area contributed by atoms with Crippen molar-refractivity contribution >= 4 is 5.91 Å². The van der Waals surface area contributed by atoms with Crippen LogP contribution in [-0.2, 0) is 4.79 Å². The van der Waals surface area contributed by atoms with E-state index in [9.17, 15) is 4.79 Å². The molecule has 3 nitrogen and oxygen atoms in total. The molecule has 2 atom stereocenters. The molecule has 3 heteroatoms. The maximum Gasteiger partial charge on any atom is 0.222 e. The molecule has 88 valence electrons. The zero-order valence-electron chi connectivity index (χ0n) is 10.4. The lowest BCUT2D eigenvalue weighted by Crippen LogP contribution is -2.34. The van der Waals surface area contributed by atoms with Crippen molar-refractivity contribution in [2.24, 2.45) is 17.1 Å². The largest absolute Gasteiger partial charge is 0.341 e. The van der Waals surface area contributed by atoms with E-state index in [0.29, 0.717) is 12.3 Å². The number of nitrogens with two attached hydrogens (primary N) is 1. The van der Waals surface area contributed by atoms with Crippen molar-refractivity contribution < 1.29 is 4.79 Å². The Kier molecular flexibility index (Phi) is 3.77. The number of amides is 1. The van der Waals surface area contributed by atoms with Crippen molar-refractivity contribution in [3.05, 3.63) is 0 Å². The molecule has 1 heterocycles. The molecule has 15 heavy (non-hydrogen) atoms. The second-order valence-electron chi connectivity index (χ2n) is 5.86. The molecule has 0 bridgehead atoms. The van der Waals surface area contributed by atoms with Crippen LogP contribution in [0, 0.1) is 11.3 Å². The monoisotopic (exact) mass is 212 g/mol. The van der Waals surface area contributed by atoms with Crippen LogP contribution in [0.2, 0.25) is 0 Å². The number of nitrogens with zero attached hydrogens (tertiary/aromatic N) is 1. The van der Waals surface area contributed by atoms with Crippen molar-refractivity contribution in [3.8, 4) is 0 Å². The van der Waals surface area contributed by atoms with Crippen LogP contribution in [0.5, 0.6) is 0 Å². The highest BCUT2D eigenvalue weighted by atomic mass is 16.2. The summed E-state index contributed by atoms with van der Waals surface area (Å²) in [4.78, 5) is 13.8. The zero-order chi connectivity index (χ0) is 11.6. The summed E-state index contributed by atoms with van der Waals surface area (Å²) in [5, 5.41) is 0. The fraction of sp³-hybridized carbons (Fsp3) is 0.917. The molecule has 1 amide bonds. The lowest BCUT2D eigenvalue weighted by atomic mass is 9.80. The van der Waals surface area contributed by atoms with E-state index in [-0.39, 0.29) is 17.4 Å². The van der Waals surface area contributed by atoms with E-state index in [2.05, 4.69) is 27.7 Å². The summed E-state index contributed by atoms with van der Waals surface area (Å²) < 4.78 is 0. The topological polar surface area (TPSA) is 46.3 Å². The predicted octanol–water partition coefficient (Wildman–Crippen LogP) is 1.62. The molecule has 0 radical (unpaired) electrons. The first-order valence-electron chi connectivity index (χ1n) is 5.84. The minimum atomic E-state index is 0.193. The van der Waals surface area contributed by atoms with Crippen LogP contribution in [0.25, 0.3) is 0 Å². The van der Waals surface area contributed by atoms with Gasteiger partial charge in [-0.25, -0.2) is 0 Å². The SMILES string of the molecule is CC(CC(=O)N1CCC(N)C1)C(C)(C)C. The average Bonchev–Trinajstić information content (AvgIpc) is 2.50. The summed E-state index contributed by atoms with van der Waals surface area (Å²) in [6, 6.07) is 0.193. The van der Waals surface area contributed by atoms with E-state index in [0.717, 1.165) is 19.5 Å². The standard InChI is InChI=1S/C12H24N2O/c1-9(12(2,3)4)7-11(15)14-6-5-10(13)8-14/h9-10H,5-8,13H2,1-4H3. The molecule has 0 aromatic rings.